The van der Waals surface area contributed by atoms with Crippen LogP contribution < -0.4 is 20.5 Å². The van der Waals surface area contributed by atoms with Gasteiger partial charge in [0.05, 0.1) is 14.2 Å². The van der Waals surface area contributed by atoms with E-state index >= 15 is 0 Å². The van der Waals surface area contributed by atoms with E-state index in [4.69, 9.17) is 15.2 Å². The first-order chi connectivity index (χ1) is 9.24. The molecule has 1 saturated heterocycles. The Morgan fingerprint density at radius 2 is 2.05 bits per heavy atom. The van der Waals surface area contributed by atoms with Crippen molar-refractivity contribution in [3.63, 3.8) is 0 Å². The van der Waals surface area contributed by atoms with Gasteiger partial charge in [0.1, 0.15) is 0 Å². The van der Waals surface area contributed by atoms with Gasteiger partial charge in [0.25, 0.3) is 0 Å². The predicted molar refractivity (Wildman–Crippen MR) is 76.7 cm³/mol. The molecule has 1 aromatic rings. The molecule has 1 aromatic carbocycles. The Balaban J connectivity index is 2.03. The summed E-state index contributed by atoms with van der Waals surface area (Å²) in [6, 6.07) is 6.50. The zero-order valence-electron chi connectivity index (χ0n) is 11.8. The molecule has 2 rings (SSSR count). The van der Waals surface area contributed by atoms with E-state index in [2.05, 4.69) is 5.32 Å². The number of rotatable bonds is 5. The van der Waals surface area contributed by atoms with Crippen LogP contribution in [0.25, 0.3) is 0 Å². The van der Waals surface area contributed by atoms with Gasteiger partial charge in [0.2, 0.25) is 0 Å². The number of hydrogen-bond donors (Lipinski definition) is 2. The van der Waals surface area contributed by atoms with Crippen LogP contribution in [0, 0.1) is 0 Å². The van der Waals surface area contributed by atoms with Crippen molar-refractivity contribution in [2.45, 2.75) is 37.8 Å². The second kappa shape index (κ2) is 6.78. The molecule has 19 heavy (non-hydrogen) atoms. The molecule has 106 valence electrons. The number of ether oxygens (including phenoxy) is 2. The molecule has 0 radical (unpaired) electrons. The van der Waals surface area contributed by atoms with E-state index in [1.165, 1.54) is 19.3 Å². The number of benzene rings is 1. The SMILES string of the molecule is COc1ccc(C(N)CC2CCCCN2)cc1OC. The first kappa shape index (κ1) is 14.2. The third-order valence-corrected chi connectivity index (χ3v) is 3.79. The number of nitrogens with two attached hydrogens (primary N) is 1. The van der Waals surface area contributed by atoms with Crippen molar-refractivity contribution >= 4 is 0 Å². The Morgan fingerprint density at radius 3 is 2.68 bits per heavy atom. The summed E-state index contributed by atoms with van der Waals surface area (Å²) in [4.78, 5) is 0. The van der Waals surface area contributed by atoms with Gasteiger partial charge in [0, 0.05) is 12.1 Å². The standard InChI is InChI=1S/C15H24N2O2/c1-18-14-7-6-11(9-15(14)19-2)13(16)10-12-5-3-4-8-17-12/h6-7,9,12-13,17H,3-5,8,10,16H2,1-2H3. The Labute approximate surface area is 115 Å². The van der Waals surface area contributed by atoms with Crippen molar-refractivity contribution in [3.8, 4) is 11.5 Å². The van der Waals surface area contributed by atoms with Crippen molar-refractivity contribution in [1.29, 1.82) is 0 Å². The highest BCUT2D eigenvalue weighted by Gasteiger charge is 2.18. The third kappa shape index (κ3) is 3.61. The van der Waals surface area contributed by atoms with Gasteiger partial charge in [-0.25, -0.2) is 0 Å². The Kier molecular flexibility index (Phi) is 5.05. The fraction of sp³-hybridized carbons (Fsp3) is 0.600. The fourth-order valence-electron chi connectivity index (χ4n) is 2.65. The molecule has 1 aliphatic rings. The Bertz CT molecular complexity index is 403. The van der Waals surface area contributed by atoms with E-state index in [-0.39, 0.29) is 6.04 Å². The first-order valence-corrected chi connectivity index (χ1v) is 6.95. The highest BCUT2D eigenvalue weighted by atomic mass is 16.5. The van der Waals surface area contributed by atoms with Gasteiger partial charge < -0.3 is 20.5 Å². The van der Waals surface area contributed by atoms with Crippen LogP contribution in [-0.2, 0) is 0 Å². The molecule has 0 aliphatic carbocycles. The zero-order chi connectivity index (χ0) is 13.7. The molecule has 0 amide bonds. The van der Waals surface area contributed by atoms with Gasteiger partial charge in [0.15, 0.2) is 11.5 Å². The Hall–Kier alpha value is -1.26. The van der Waals surface area contributed by atoms with E-state index in [1.807, 2.05) is 18.2 Å². The summed E-state index contributed by atoms with van der Waals surface area (Å²) in [5.41, 5.74) is 7.41. The van der Waals surface area contributed by atoms with Crippen LogP contribution in [0.4, 0.5) is 0 Å². The highest BCUT2D eigenvalue weighted by Crippen LogP contribution is 2.31. The molecule has 1 heterocycles. The lowest BCUT2D eigenvalue weighted by molar-refractivity contribution is 0.350. The molecule has 1 aliphatic heterocycles. The van der Waals surface area contributed by atoms with Crippen LogP contribution in [0.5, 0.6) is 11.5 Å². The van der Waals surface area contributed by atoms with Crippen molar-refractivity contribution in [1.82, 2.24) is 5.32 Å². The monoisotopic (exact) mass is 264 g/mol. The minimum atomic E-state index is 0.0374. The lowest BCUT2D eigenvalue weighted by Crippen LogP contribution is -2.36. The average molecular weight is 264 g/mol. The smallest absolute Gasteiger partial charge is 0.161 e. The van der Waals surface area contributed by atoms with Crippen LogP contribution in [0.1, 0.15) is 37.3 Å². The van der Waals surface area contributed by atoms with Gasteiger partial charge in [-0.05, 0) is 43.5 Å². The van der Waals surface area contributed by atoms with Gasteiger partial charge in [-0.2, -0.15) is 0 Å². The molecule has 2 unspecified atom stereocenters. The molecule has 1 fully saturated rings. The topological polar surface area (TPSA) is 56.5 Å². The second-order valence-corrected chi connectivity index (χ2v) is 5.10. The molecule has 3 N–H and O–H groups in total. The molecule has 0 bridgehead atoms. The average Bonchev–Trinajstić information content (AvgIpc) is 2.47. The molecule has 0 saturated carbocycles. The molecule has 2 atom stereocenters. The third-order valence-electron chi connectivity index (χ3n) is 3.79. The van der Waals surface area contributed by atoms with Crippen LogP contribution in [-0.4, -0.2) is 26.8 Å². The highest BCUT2D eigenvalue weighted by molar-refractivity contribution is 5.43. The lowest BCUT2D eigenvalue weighted by Gasteiger charge is -2.26. The largest absolute Gasteiger partial charge is 0.493 e. The first-order valence-electron chi connectivity index (χ1n) is 6.95. The van der Waals surface area contributed by atoms with Gasteiger partial charge >= 0.3 is 0 Å². The molecule has 0 spiro atoms. The van der Waals surface area contributed by atoms with E-state index < -0.39 is 0 Å². The summed E-state index contributed by atoms with van der Waals surface area (Å²) in [7, 11) is 3.29. The normalized spacial score (nSPS) is 20.9. The predicted octanol–water partition coefficient (Wildman–Crippen LogP) is 2.24. The summed E-state index contributed by atoms with van der Waals surface area (Å²) < 4.78 is 10.6. The van der Waals surface area contributed by atoms with Crippen LogP contribution in [0.2, 0.25) is 0 Å². The quantitative estimate of drug-likeness (QED) is 0.856. The maximum atomic E-state index is 6.30. The summed E-state index contributed by atoms with van der Waals surface area (Å²) in [5.74, 6) is 1.49. The minimum Gasteiger partial charge on any atom is -0.493 e. The fourth-order valence-corrected chi connectivity index (χ4v) is 2.65. The van der Waals surface area contributed by atoms with Crippen molar-refractivity contribution < 1.29 is 9.47 Å². The van der Waals surface area contributed by atoms with Crippen LogP contribution >= 0.6 is 0 Å². The second-order valence-electron chi connectivity index (χ2n) is 5.10. The van der Waals surface area contributed by atoms with Crippen molar-refractivity contribution in [3.05, 3.63) is 23.8 Å². The lowest BCUT2D eigenvalue weighted by atomic mass is 9.94. The van der Waals surface area contributed by atoms with Crippen molar-refractivity contribution in [2.75, 3.05) is 20.8 Å². The van der Waals surface area contributed by atoms with E-state index in [0.29, 0.717) is 6.04 Å². The van der Waals surface area contributed by atoms with Gasteiger partial charge in [-0.15, -0.1) is 0 Å². The van der Waals surface area contributed by atoms with E-state index in [9.17, 15) is 0 Å². The molecule has 4 nitrogen and oxygen atoms in total. The summed E-state index contributed by atoms with van der Waals surface area (Å²) >= 11 is 0. The molecular formula is C15H24N2O2. The number of methoxy groups -OCH3 is 2. The van der Waals surface area contributed by atoms with Gasteiger partial charge in [-0.1, -0.05) is 12.5 Å². The molecule has 4 heteroatoms. The Morgan fingerprint density at radius 1 is 1.26 bits per heavy atom. The summed E-state index contributed by atoms with van der Waals surface area (Å²) in [6.07, 6.45) is 4.77. The number of piperidine rings is 1. The zero-order valence-corrected chi connectivity index (χ0v) is 11.8. The summed E-state index contributed by atoms with van der Waals surface area (Å²) in [6.45, 7) is 1.11. The molecule has 0 aromatic heterocycles. The van der Waals surface area contributed by atoms with E-state index in [0.717, 1.165) is 30.0 Å². The maximum absolute atomic E-state index is 6.30. The summed E-state index contributed by atoms with van der Waals surface area (Å²) in [5, 5.41) is 3.53. The van der Waals surface area contributed by atoms with Crippen molar-refractivity contribution in [2.24, 2.45) is 5.73 Å². The van der Waals surface area contributed by atoms with Crippen LogP contribution in [0.15, 0.2) is 18.2 Å². The van der Waals surface area contributed by atoms with Crippen LogP contribution in [0.3, 0.4) is 0 Å². The number of nitrogens with one attached hydrogen (secondary N) is 1. The maximum Gasteiger partial charge on any atom is 0.161 e. The van der Waals surface area contributed by atoms with E-state index in [1.54, 1.807) is 14.2 Å². The number of hydrogen-bond acceptors (Lipinski definition) is 4. The molecular weight excluding hydrogens is 240 g/mol. The van der Waals surface area contributed by atoms with Gasteiger partial charge in [-0.3, -0.25) is 0 Å². The minimum absolute atomic E-state index is 0.0374.